The van der Waals surface area contributed by atoms with Gasteiger partial charge in [-0.15, -0.1) is 0 Å². The monoisotopic (exact) mass is 392 g/mol. The molecule has 0 unspecified atom stereocenters. The smallest absolute Gasteiger partial charge is 0.330 e. The molecule has 6 heteroatoms. The Kier molecular flexibility index (Phi) is 7.68. The average molecular weight is 395 g/mol. The third-order valence-electron chi connectivity index (χ3n) is 1.15. The van der Waals surface area contributed by atoms with E-state index in [4.69, 9.17) is 4.74 Å². The van der Waals surface area contributed by atoms with Crippen LogP contribution in [0.3, 0.4) is 0 Å². The maximum atomic E-state index is 10.8. The Balaban J connectivity index is 3.41. The Morgan fingerprint density at radius 3 is 2.54 bits per heavy atom. The van der Waals surface area contributed by atoms with Gasteiger partial charge in [0.2, 0.25) is 0 Å². The Morgan fingerprint density at radius 1 is 1.46 bits per heavy atom. The highest BCUT2D eigenvalue weighted by atomic mass is 80.0. The zero-order valence-electron chi connectivity index (χ0n) is 7.23. The molecular formula is C7H11Br3O2Si. The van der Waals surface area contributed by atoms with Crippen molar-refractivity contribution in [2.75, 3.05) is 6.61 Å². The van der Waals surface area contributed by atoms with Crippen LogP contribution in [-0.4, -0.2) is 16.5 Å². The van der Waals surface area contributed by atoms with Crippen LogP contribution in [0, 0.1) is 0 Å². The van der Waals surface area contributed by atoms with Crippen molar-refractivity contribution >= 4 is 55.8 Å². The maximum absolute atomic E-state index is 10.8. The summed E-state index contributed by atoms with van der Waals surface area (Å²) in [5.41, 5.74) is 0. The molecule has 13 heavy (non-hydrogen) atoms. The third kappa shape index (κ3) is 10.8. The van der Waals surface area contributed by atoms with Gasteiger partial charge in [-0.3, -0.25) is 0 Å². The summed E-state index contributed by atoms with van der Waals surface area (Å²) in [6, 6.07) is 0.968. The molecule has 76 valence electrons. The minimum atomic E-state index is -1.52. The van der Waals surface area contributed by atoms with E-state index in [-0.39, 0.29) is 5.97 Å². The average Bonchev–Trinajstić information content (AvgIpc) is 1.97. The van der Waals surface area contributed by atoms with E-state index in [0.717, 1.165) is 12.5 Å². The summed E-state index contributed by atoms with van der Waals surface area (Å²) in [7, 11) is 0. The Hall–Kier alpha value is 0.867. The molecule has 0 rings (SSSR count). The number of carbonyl (C=O) groups excluding carboxylic acids is 1. The first-order chi connectivity index (χ1) is 5.95. The standard InChI is InChI=1S/C7H11Br3O2Si/c1-2-4-7(11)12-5-3-6-13(8,9)10/h2,4H,3,5-6H2,1H3. The van der Waals surface area contributed by atoms with Gasteiger partial charge in [-0.25, -0.2) is 4.79 Å². The molecule has 0 aromatic heterocycles. The van der Waals surface area contributed by atoms with Crippen LogP contribution in [0.5, 0.6) is 0 Å². The molecule has 2 nitrogen and oxygen atoms in total. The molecule has 0 heterocycles. The van der Waals surface area contributed by atoms with Gasteiger partial charge in [0.15, 0.2) is 0 Å². The quantitative estimate of drug-likeness (QED) is 0.234. The first-order valence-electron chi connectivity index (χ1n) is 3.82. The minimum Gasteiger partial charge on any atom is -0.463 e. The van der Waals surface area contributed by atoms with Crippen molar-refractivity contribution in [3.63, 3.8) is 0 Å². The van der Waals surface area contributed by atoms with Crippen molar-refractivity contribution in [3.8, 4) is 0 Å². The molecule has 0 atom stereocenters. The lowest BCUT2D eigenvalue weighted by Gasteiger charge is -2.08. The predicted molar refractivity (Wildman–Crippen MR) is 67.7 cm³/mol. The van der Waals surface area contributed by atoms with E-state index in [1.54, 1.807) is 13.0 Å². The van der Waals surface area contributed by atoms with Gasteiger partial charge in [0.1, 0.15) is 0 Å². The fourth-order valence-electron chi connectivity index (χ4n) is 0.630. The lowest BCUT2D eigenvalue weighted by molar-refractivity contribution is -0.137. The summed E-state index contributed by atoms with van der Waals surface area (Å²) < 4.78 is 3.39. The molecule has 0 fully saturated rings. The Labute approximate surface area is 103 Å². The number of ether oxygens (including phenoxy) is 1. The molecule has 0 spiro atoms. The van der Waals surface area contributed by atoms with E-state index >= 15 is 0 Å². The van der Waals surface area contributed by atoms with Crippen molar-refractivity contribution in [1.29, 1.82) is 0 Å². The Morgan fingerprint density at radius 2 is 2.08 bits per heavy atom. The van der Waals surface area contributed by atoms with Gasteiger partial charge < -0.3 is 4.74 Å². The molecule has 0 radical (unpaired) electrons. The van der Waals surface area contributed by atoms with Gasteiger partial charge >= 0.3 is 5.97 Å². The fraction of sp³-hybridized carbons (Fsp3) is 0.571. The summed E-state index contributed by atoms with van der Waals surface area (Å²) in [5, 5.41) is 0. The maximum Gasteiger partial charge on any atom is 0.330 e. The highest BCUT2D eigenvalue weighted by molar-refractivity contribution is 9.72. The van der Waals surface area contributed by atoms with Gasteiger partial charge in [0.05, 0.1) is 6.61 Å². The minimum absolute atomic E-state index is 0.270. The number of hydrogen-bond donors (Lipinski definition) is 0. The highest BCUT2D eigenvalue weighted by Gasteiger charge is 2.21. The van der Waals surface area contributed by atoms with Crippen molar-refractivity contribution < 1.29 is 9.53 Å². The molecular weight excluding hydrogens is 384 g/mol. The SMILES string of the molecule is CC=CC(=O)OCCC[Si](Br)(Br)Br. The molecule has 0 bridgehead atoms. The molecule has 0 saturated carbocycles. The molecule has 0 aromatic carbocycles. The number of esters is 1. The summed E-state index contributed by atoms with van der Waals surface area (Å²) in [6.07, 6.45) is 3.94. The normalized spacial score (nSPS) is 12.0. The van der Waals surface area contributed by atoms with E-state index < -0.39 is 3.93 Å². The van der Waals surface area contributed by atoms with Crippen molar-refractivity contribution in [3.05, 3.63) is 12.2 Å². The zero-order chi connectivity index (χ0) is 10.3. The predicted octanol–water partition coefficient (Wildman–Crippen LogP) is 3.62. The van der Waals surface area contributed by atoms with Crippen LogP contribution in [-0.2, 0) is 9.53 Å². The molecule has 0 N–H and O–H groups in total. The van der Waals surface area contributed by atoms with Crippen molar-refractivity contribution in [1.82, 2.24) is 0 Å². The first-order valence-corrected chi connectivity index (χ1v) is 12.8. The van der Waals surface area contributed by atoms with Crippen LogP contribution < -0.4 is 0 Å². The second-order valence-corrected chi connectivity index (χ2v) is 25.9. The molecule has 0 aliphatic heterocycles. The molecule has 0 aliphatic rings. The lowest BCUT2D eigenvalue weighted by Crippen LogP contribution is -2.09. The van der Waals surface area contributed by atoms with E-state index in [0.29, 0.717) is 6.61 Å². The Bertz CT molecular complexity index is 189. The molecule has 0 aromatic rings. The summed E-state index contributed by atoms with van der Waals surface area (Å²) in [5.74, 6) is -0.270. The van der Waals surface area contributed by atoms with Gasteiger partial charge in [0, 0.05) is 6.08 Å². The lowest BCUT2D eigenvalue weighted by atomic mass is 10.5. The largest absolute Gasteiger partial charge is 0.463 e. The number of halogens is 3. The highest BCUT2D eigenvalue weighted by Crippen LogP contribution is 2.32. The summed E-state index contributed by atoms with van der Waals surface area (Å²) >= 11 is 10.5. The van der Waals surface area contributed by atoms with Crippen molar-refractivity contribution in [2.24, 2.45) is 0 Å². The van der Waals surface area contributed by atoms with Gasteiger partial charge in [-0.1, -0.05) is 52.0 Å². The van der Waals surface area contributed by atoms with Gasteiger partial charge in [-0.2, -0.15) is 0 Å². The second-order valence-electron chi connectivity index (χ2n) is 2.39. The molecule has 0 amide bonds. The summed E-state index contributed by atoms with van der Waals surface area (Å²) in [6.45, 7) is 2.26. The third-order valence-corrected chi connectivity index (χ3v) is 5.64. The van der Waals surface area contributed by atoms with Crippen LogP contribution in [0.25, 0.3) is 0 Å². The summed E-state index contributed by atoms with van der Waals surface area (Å²) in [4.78, 5) is 10.8. The van der Waals surface area contributed by atoms with Crippen LogP contribution in [0.2, 0.25) is 6.04 Å². The number of carbonyl (C=O) groups is 1. The number of allylic oxidation sites excluding steroid dienone is 1. The number of hydrogen-bond acceptors (Lipinski definition) is 2. The second kappa shape index (κ2) is 7.20. The van der Waals surface area contributed by atoms with Crippen LogP contribution in [0.4, 0.5) is 0 Å². The van der Waals surface area contributed by atoms with Crippen LogP contribution in [0.1, 0.15) is 13.3 Å². The number of rotatable bonds is 5. The molecule has 0 aliphatic carbocycles. The molecule has 0 saturated heterocycles. The first kappa shape index (κ1) is 13.9. The zero-order valence-corrected chi connectivity index (χ0v) is 13.0. The topological polar surface area (TPSA) is 26.3 Å². The van der Waals surface area contributed by atoms with Gasteiger partial charge in [0.25, 0.3) is 3.93 Å². The van der Waals surface area contributed by atoms with Crippen LogP contribution in [0.15, 0.2) is 12.2 Å². The van der Waals surface area contributed by atoms with Gasteiger partial charge in [-0.05, 0) is 19.4 Å². The van der Waals surface area contributed by atoms with E-state index in [9.17, 15) is 4.79 Å². The van der Waals surface area contributed by atoms with Crippen molar-refractivity contribution in [2.45, 2.75) is 19.4 Å². The van der Waals surface area contributed by atoms with Crippen LogP contribution >= 0.6 is 45.9 Å². The fourth-order valence-corrected chi connectivity index (χ4v) is 3.70. The van der Waals surface area contributed by atoms with E-state index in [1.807, 2.05) is 0 Å². The van der Waals surface area contributed by atoms with E-state index in [1.165, 1.54) is 6.08 Å². The van der Waals surface area contributed by atoms with E-state index in [2.05, 4.69) is 45.9 Å².